The average molecular weight is 301 g/mol. The largest absolute Gasteiger partial charge is 0.396 e. The highest BCUT2D eigenvalue weighted by atomic mass is 32.2. The van der Waals surface area contributed by atoms with Crippen LogP contribution in [-0.4, -0.2) is 43.1 Å². The third kappa shape index (κ3) is 3.64. The number of likely N-dealkylation sites (N-methyl/N-ethyl adjacent to an activating group) is 1. The number of Topliss-reactive ketones (excluding diaryl/α,β-unsaturated/α-hetero) is 1. The predicted molar refractivity (Wildman–Crippen MR) is 86.8 cm³/mol. The zero-order chi connectivity index (χ0) is 14.8. The second-order valence-electron chi connectivity index (χ2n) is 5.32. The molecule has 0 atom stereocenters. The molecule has 0 aliphatic rings. The van der Waals surface area contributed by atoms with E-state index in [0.29, 0.717) is 10.6 Å². The van der Waals surface area contributed by atoms with Crippen molar-refractivity contribution < 1.29 is 4.79 Å². The van der Waals surface area contributed by atoms with E-state index in [1.165, 1.54) is 11.3 Å². The van der Waals surface area contributed by atoms with Crippen molar-refractivity contribution in [2.75, 3.05) is 37.9 Å². The molecular weight excluding hydrogens is 278 g/mol. The average Bonchev–Trinajstić information content (AvgIpc) is 2.63. The number of ketones is 1. The minimum atomic E-state index is 0.0257. The van der Waals surface area contributed by atoms with Gasteiger partial charge in [-0.15, -0.1) is 23.1 Å². The molecule has 0 radical (unpaired) electrons. The van der Waals surface area contributed by atoms with Crippen LogP contribution in [0, 0.1) is 0 Å². The van der Waals surface area contributed by atoms with Crippen LogP contribution >= 0.6 is 23.1 Å². The first-order valence-electron chi connectivity index (χ1n) is 6.09. The standard InChI is InChI=1S/C13H23N3OS2/c1-8(17)10-9(14)11(18-6)12(19-10)15-7-13(2,3)16(4)5/h15H,7,14H2,1-6H3. The lowest BCUT2D eigenvalue weighted by atomic mass is 10.0. The normalized spacial score (nSPS) is 11.9. The maximum absolute atomic E-state index is 11.5. The molecule has 4 nitrogen and oxygen atoms in total. The molecule has 3 N–H and O–H groups in total. The predicted octanol–water partition coefficient (Wildman–Crippen LogP) is 3.01. The molecule has 0 amide bonds. The van der Waals surface area contributed by atoms with Gasteiger partial charge in [-0.05, 0) is 34.2 Å². The number of nitrogens with one attached hydrogen (secondary N) is 1. The van der Waals surface area contributed by atoms with E-state index in [2.05, 4.69) is 38.2 Å². The summed E-state index contributed by atoms with van der Waals surface area (Å²) in [7, 11) is 4.11. The highest BCUT2D eigenvalue weighted by Crippen LogP contribution is 2.42. The number of rotatable bonds is 6. The van der Waals surface area contributed by atoms with Crippen molar-refractivity contribution in [1.29, 1.82) is 0 Å². The van der Waals surface area contributed by atoms with Crippen molar-refractivity contribution >= 4 is 39.6 Å². The molecule has 0 fully saturated rings. The molecule has 0 bridgehead atoms. The first-order chi connectivity index (χ1) is 8.70. The Kier molecular flexibility index (Phi) is 5.29. The fraction of sp³-hybridized carbons (Fsp3) is 0.615. The van der Waals surface area contributed by atoms with Gasteiger partial charge in [-0.3, -0.25) is 4.79 Å². The number of carbonyl (C=O) groups is 1. The molecule has 0 saturated carbocycles. The molecule has 19 heavy (non-hydrogen) atoms. The Hall–Kier alpha value is -0.720. The molecule has 0 saturated heterocycles. The van der Waals surface area contributed by atoms with E-state index in [4.69, 9.17) is 5.73 Å². The third-order valence-corrected chi connectivity index (χ3v) is 5.54. The van der Waals surface area contributed by atoms with Gasteiger partial charge in [0.15, 0.2) is 5.78 Å². The Labute approximate surface area is 123 Å². The minimum absolute atomic E-state index is 0.0257. The van der Waals surface area contributed by atoms with Crippen molar-refractivity contribution in [3.8, 4) is 0 Å². The van der Waals surface area contributed by atoms with Gasteiger partial charge in [0, 0.05) is 19.0 Å². The van der Waals surface area contributed by atoms with Gasteiger partial charge in [0.1, 0.15) is 5.00 Å². The van der Waals surface area contributed by atoms with Crippen LogP contribution in [0.5, 0.6) is 0 Å². The van der Waals surface area contributed by atoms with Crippen LogP contribution in [0.25, 0.3) is 0 Å². The first-order valence-corrected chi connectivity index (χ1v) is 8.13. The second kappa shape index (κ2) is 6.15. The SMILES string of the molecule is CSc1c(NCC(C)(C)N(C)C)sc(C(C)=O)c1N. The fourth-order valence-electron chi connectivity index (χ4n) is 1.46. The second-order valence-corrected chi connectivity index (χ2v) is 7.16. The molecule has 108 valence electrons. The molecule has 6 heteroatoms. The number of carbonyl (C=O) groups excluding carboxylic acids is 1. The number of nitrogens with two attached hydrogens (primary N) is 1. The Morgan fingerprint density at radius 3 is 2.47 bits per heavy atom. The third-order valence-electron chi connectivity index (χ3n) is 3.32. The number of anilines is 2. The number of nitrogens with zero attached hydrogens (tertiary/aromatic N) is 1. The summed E-state index contributed by atoms with van der Waals surface area (Å²) in [5.74, 6) is 0.0257. The van der Waals surface area contributed by atoms with Crippen LogP contribution in [-0.2, 0) is 0 Å². The number of hydrogen-bond donors (Lipinski definition) is 2. The van der Waals surface area contributed by atoms with Gasteiger partial charge in [0.05, 0.1) is 15.5 Å². The quantitative estimate of drug-likeness (QED) is 0.625. The van der Waals surface area contributed by atoms with Crippen molar-refractivity contribution in [2.24, 2.45) is 0 Å². The summed E-state index contributed by atoms with van der Waals surface area (Å²) >= 11 is 3.02. The molecule has 0 spiro atoms. The van der Waals surface area contributed by atoms with E-state index < -0.39 is 0 Å². The van der Waals surface area contributed by atoms with Crippen molar-refractivity contribution in [2.45, 2.75) is 31.2 Å². The number of nitrogen functional groups attached to an aromatic ring is 1. The maximum Gasteiger partial charge on any atom is 0.171 e. The smallest absolute Gasteiger partial charge is 0.171 e. The van der Waals surface area contributed by atoms with Gasteiger partial charge in [-0.1, -0.05) is 0 Å². The van der Waals surface area contributed by atoms with Crippen LogP contribution in [0.4, 0.5) is 10.7 Å². The summed E-state index contributed by atoms with van der Waals surface area (Å²) in [6.07, 6.45) is 1.98. The van der Waals surface area contributed by atoms with Gasteiger partial charge >= 0.3 is 0 Å². The van der Waals surface area contributed by atoms with Crippen LogP contribution in [0.15, 0.2) is 4.90 Å². The summed E-state index contributed by atoms with van der Waals surface area (Å²) in [6.45, 7) is 6.69. The zero-order valence-electron chi connectivity index (χ0n) is 12.5. The van der Waals surface area contributed by atoms with E-state index in [1.54, 1.807) is 18.7 Å². The zero-order valence-corrected chi connectivity index (χ0v) is 14.1. The molecule has 0 aromatic carbocycles. The van der Waals surface area contributed by atoms with Crippen molar-refractivity contribution in [3.63, 3.8) is 0 Å². The summed E-state index contributed by atoms with van der Waals surface area (Å²) in [6, 6.07) is 0. The van der Waals surface area contributed by atoms with E-state index in [-0.39, 0.29) is 11.3 Å². The molecule has 0 unspecified atom stereocenters. The van der Waals surface area contributed by atoms with Crippen LogP contribution in [0.2, 0.25) is 0 Å². The molecule has 1 aromatic rings. The lowest BCUT2D eigenvalue weighted by Crippen LogP contribution is -2.44. The number of thiophene rings is 1. The topological polar surface area (TPSA) is 58.4 Å². The van der Waals surface area contributed by atoms with Gasteiger partial charge in [0.2, 0.25) is 0 Å². The highest BCUT2D eigenvalue weighted by molar-refractivity contribution is 7.99. The van der Waals surface area contributed by atoms with Gasteiger partial charge in [-0.2, -0.15) is 0 Å². The number of hydrogen-bond acceptors (Lipinski definition) is 6. The van der Waals surface area contributed by atoms with Crippen LogP contribution in [0.3, 0.4) is 0 Å². The summed E-state index contributed by atoms with van der Waals surface area (Å²) in [5, 5.41) is 4.42. The van der Waals surface area contributed by atoms with Gasteiger partial charge in [0.25, 0.3) is 0 Å². The van der Waals surface area contributed by atoms with Gasteiger partial charge in [-0.25, -0.2) is 0 Å². The van der Waals surface area contributed by atoms with Gasteiger partial charge < -0.3 is 16.0 Å². The molecule has 1 aromatic heterocycles. The Balaban J connectivity index is 2.96. The maximum atomic E-state index is 11.5. The summed E-state index contributed by atoms with van der Waals surface area (Å²) in [4.78, 5) is 15.3. The number of thioether (sulfide) groups is 1. The Morgan fingerprint density at radius 1 is 1.47 bits per heavy atom. The molecule has 1 rings (SSSR count). The molecular formula is C13H23N3OS2. The Bertz CT molecular complexity index is 467. The highest BCUT2D eigenvalue weighted by Gasteiger charge is 2.23. The lowest BCUT2D eigenvalue weighted by Gasteiger charge is -2.32. The van der Waals surface area contributed by atoms with Crippen molar-refractivity contribution in [3.05, 3.63) is 4.88 Å². The lowest BCUT2D eigenvalue weighted by molar-refractivity contribution is 0.102. The van der Waals surface area contributed by atoms with Crippen LogP contribution < -0.4 is 11.1 Å². The monoisotopic (exact) mass is 301 g/mol. The minimum Gasteiger partial charge on any atom is -0.396 e. The summed E-state index contributed by atoms with van der Waals surface area (Å²) in [5.41, 5.74) is 6.67. The van der Waals surface area contributed by atoms with Crippen LogP contribution in [0.1, 0.15) is 30.4 Å². The first kappa shape index (κ1) is 16.3. The molecule has 1 heterocycles. The van der Waals surface area contributed by atoms with E-state index >= 15 is 0 Å². The van der Waals surface area contributed by atoms with E-state index in [1.807, 2.05) is 6.26 Å². The van der Waals surface area contributed by atoms with E-state index in [0.717, 1.165) is 16.4 Å². The fourth-order valence-corrected chi connectivity index (χ4v) is 3.39. The molecule has 0 aliphatic carbocycles. The van der Waals surface area contributed by atoms with Crippen molar-refractivity contribution in [1.82, 2.24) is 4.90 Å². The Morgan fingerprint density at radius 2 is 2.05 bits per heavy atom. The molecule has 0 aliphatic heterocycles. The summed E-state index contributed by atoms with van der Waals surface area (Å²) < 4.78 is 0. The van der Waals surface area contributed by atoms with E-state index in [9.17, 15) is 4.79 Å².